The van der Waals surface area contributed by atoms with Crippen molar-refractivity contribution < 1.29 is 5.11 Å². The van der Waals surface area contributed by atoms with Gasteiger partial charge in [0.2, 0.25) is 0 Å². The Kier molecular flexibility index (Phi) is 5.35. The molecule has 1 N–H and O–H groups in total. The van der Waals surface area contributed by atoms with Gasteiger partial charge in [0.25, 0.3) is 0 Å². The first-order chi connectivity index (χ1) is 4.27. The van der Waals surface area contributed by atoms with Crippen molar-refractivity contribution in [2.75, 3.05) is 6.61 Å². The van der Waals surface area contributed by atoms with Crippen molar-refractivity contribution in [2.45, 2.75) is 26.7 Å². The molecule has 0 radical (unpaired) electrons. The molecule has 0 aliphatic rings. The van der Waals surface area contributed by atoms with Crippen molar-refractivity contribution in [3.8, 4) is 11.8 Å². The second-order valence-electron chi connectivity index (χ2n) is 2.44. The molecule has 0 rings (SSSR count). The van der Waals surface area contributed by atoms with Crippen LogP contribution in [-0.2, 0) is 0 Å². The SMILES string of the molecule is CC(C)CCC#CCO. The highest BCUT2D eigenvalue weighted by atomic mass is 16.2. The third-order valence-corrected chi connectivity index (χ3v) is 1.05. The van der Waals surface area contributed by atoms with Crippen LogP contribution in [0.25, 0.3) is 0 Å². The van der Waals surface area contributed by atoms with E-state index in [0.717, 1.165) is 18.8 Å². The Morgan fingerprint density at radius 2 is 2.00 bits per heavy atom. The summed E-state index contributed by atoms with van der Waals surface area (Å²) in [5.74, 6) is 6.20. The minimum Gasteiger partial charge on any atom is -0.384 e. The van der Waals surface area contributed by atoms with Crippen LogP contribution in [0, 0.1) is 17.8 Å². The third-order valence-electron chi connectivity index (χ3n) is 1.05. The Bertz CT molecular complexity index is 105. The van der Waals surface area contributed by atoms with Gasteiger partial charge in [0, 0.05) is 6.42 Å². The molecule has 0 saturated carbocycles. The van der Waals surface area contributed by atoms with Gasteiger partial charge in [-0.1, -0.05) is 19.8 Å². The van der Waals surface area contributed by atoms with Crippen LogP contribution in [-0.4, -0.2) is 11.7 Å². The van der Waals surface area contributed by atoms with Crippen LogP contribution in [0.4, 0.5) is 0 Å². The van der Waals surface area contributed by atoms with Gasteiger partial charge in [-0.15, -0.1) is 5.92 Å². The van der Waals surface area contributed by atoms with Gasteiger partial charge in [0.1, 0.15) is 6.61 Å². The maximum absolute atomic E-state index is 8.26. The monoisotopic (exact) mass is 126 g/mol. The van der Waals surface area contributed by atoms with E-state index < -0.39 is 0 Å². The molecule has 0 aromatic heterocycles. The Balaban J connectivity index is 3.09. The molecule has 0 aliphatic heterocycles. The van der Waals surface area contributed by atoms with Crippen LogP contribution in [0.15, 0.2) is 0 Å². The lowest BCUT2D eigenvalue weighted by Gasteiger charge is -1.96. The summed E-state index contributed by atoms with van der Waals surface area (Å²) in [6.45, 7) is 4.33. The fraction of sp³-hybridized carbons (Fsp3) is 0.750. The van der Waals surface area contributed by atoms with Crippen LogP contribution >= 0.6 is 0 Å². The third kappa shape index (κ3) is 7.52. The minimum absolute atomic E-state index is 0.00189. The summed E-state index contributed by atoms with van der Waals surface area (Å²) in [7, 11) is 0. The molecule has 0 heterocycles. The summed E-state index contributed by atoms with van der Waals surface area (Å²) in [6, 6.07) is 0. The van der Waals surface area contributed by atoms with Gasteiger partial charge < -0.3 is 5.11 Å². The van der Waals surface area contributed by atoms with E-state index in [-0.39, 0.29) is 6.61 Å². The van der Waals surface area contributed by atoms with Crippen LogP contribution in [0.1, 0.15) is 26.7 Å². The summed E-state index contributed by atoms with van der Waals surface area (Å²) in [6.07, 6.45) is 2.05. The minimum atomic E-state index is -0.00189. The van der Waals surface area contributed by atoms with E-state index in [4.69, 9.17) is 5.11 Å². The first-order valence-corrected chi connectivity index (χ1v) is 3.34. The molecular weight excluding hydrogens is 112 g/mol. The summed E-state index contributed by atoms with van der Waals surface area (Å²) < 4.78 is 0. The summed E-state index contributed by atoms with van der Waals surface area (Å²) in [5, 5.41) is 8.26. The van der Waals surface area contributed by atoms with Gasteiger partial charge in [-0.05, 0) is 12.3 Å². The summed E-state index contributed by atoms with van der Waals surface area (Å²) >= 11 is 0. The van der Waals surface area contributed by atoms with Crippen LogP contribution in [0.5, 0.6) is 0 Å². The van der Waals surface area contributed by atoms with Crippen molar-refractivity contribution in [1.82, 2.24) is 0 Å². The largest absolute Gasteiger partial charge is 0.384 e. The maximum atomic E-state index is 8.26. The van der Waals surface area contributed by atoms with Crippen LogP contribution in [0.2, 0.25) is 0 Å². The van der Waals surface area contributed by atoms with Gasteiger partial charge in [0.05, 0.1) is 0 Å². The quantitative estimate of drug-likeness (QED) is 0.555. The molecule has 0 atom stereocenters. The van der Waals surface area contributed by atoms with Gasteiger partial charge in [-0.25, -0.2) is 0 Å². The van der Waals surface area contributed by atoms with Crippen LogP contribution < -0.4 is 0 Å². The van der Waals surface area contributed by atoms with Crippen LogP contribution in [0.3, 0.4) is 0 Å². The lowest BCUT2D eigenvalue weighted by atomic mass is 10.1. The average Bonchev–Trinajstić information content (AvgIpc) is 1.80. The Labute approximate surface area is 57.1 Å². The van der Waals surface area contributed by atoms with Crippen molar-refractivity contribution in [3.05, 3.63) is 0 Å². The van der Waals surface area contributed by atoms with E-state index in [1.165, 1.54) is 0 Å². The highest BCUT2D eigenvalue weighted by Gasteiger charge is 1.88. The molecule has 52 valence electrons. The van der Waals surface area contributed by atoms with E-state index in [1.54, 1.807) is 0 Å². The zero-order valence-electron chi connectivity index (χ0n) is 6.15. The molecule has 0 aromatic carbocycles. The predicted octanol–water partition coefficient (Wildman–Crippen LogP) is 1.42. The molecule has 0 amide bonds. The second-order valence-corrected chi connectivity index (χ2v) is 2.44. The molecule has 0 saturated heterocycles. The van der Waals surface area contributed by atoms with Crippen molar-refractivity contribution in [2.24, 2.45) is 5.92 Å². The molecule has 1 nitrogen and oxygen atoms in total. The lowest BCUT2D eigenvalue weighted by molar-refractivity contribution is 0.350. The predicted molar refractivity (Wildman–Crippen MR) is 38.9 cm³/mol. The fourth-order valence-electron chi connectivity index (χ4n) is 0.505. The topological polar surface area (TPSA) is 20.2 Å². The molecule has 1 heteroatoms. The summed E-state index contributed by atoms with van der Waals surface area (Å²) in [4.78, 5) is 0. The Morgan fingerprint density at radius 3 is 2.44 bits per heavy atom. The Morgan fingerprint density at radius 1 is 1.33 bits per heavy atom. The zero-order chi connectivity index (χ0) is 7.11. The van der Waals surface area contributed by atoms with E-state index in [9.17, 15) is 0 Å². The van der Waals surface area contributed by atoms with Gasteiger partial charge in [-0.3, -0.25) is 0 Å². The Hall–Kier alpha value is -0.480. The number of aliphatic hydroxyl groups is 1. The highest BCUT2D eigenvalue weighted by Crippen LogP contribution is 2.00. The van der Waals surface area contributed by atoms with E-state index >= 15 is 0 Å². The van der Waals surface area contributed by atoms with E-state index in [1.807, 2.05) is 0 Å². The van der Waals surface area contributed by atoms with Gasteiger partial charge >= 0.3 is 0 Å². The molecule has 0 spiro atoms. The van der Waals surface area contributed by atoms with Gasteiger partial charge in [-0.2, -0.15) is 0 Å². The second kappa shape index (κ2) is 5.65. The lowest BCUT2D eigenvalue weighted by Crippen LogP contribution is -1.84. The number of rotatable bonds is 2. The number of hydrogen-bond acceptors (Lipinski definition) is 1. The first-order valence-electron chi connectivity index (χ1n) is 3.34. The molecule has 0 fully saturated rings. The van der Waals surface area contributed by atoms with Crippen molar-refractivity contribution >= 4 is 0 Å². The highest BCUT2D eigenvalue weighted by molar-refractivity contribution is 4.98. The van der Waals surface area contributed by atoms with Crippen molar-refractivity contribution in [1.29, 1.82) is 0 Å². The smallest absolute Gasteiger partial charge is 0.104 e. The zero-order valence-corrected chi connectivity index (χ0v) is 6.15. The average molecular weight is 126 g/mol. The molecule has 0 bridgehead atoms. The van der Waals surface area contributed by atoms with Gasteiger partial charge in [0.15, 0.2) is 0 Å². The fourth-order valence-corrected chi connectivity index (χ4v) is 0.505. The number of hydrogen-bond donors (Lipinski definition) is 1. The number of aliphatic hydroxyl groups excluding tert-OH is 1. The maximum Gasteiger partial charge on any atom is 0.104 e. The first kappa shape index (κ1) is 8.52. The summed E-state index contributed by atoms with van der Waals surface area (Å²) in [5.41, 5.74) is 0. The molecule has 9 heavy (non-hydrogen) atoms. The molecule has 0 aromatic rings. The van der Waals surface area contributed by atoms with E-state index in [0.29, 0.717) is 0 Å². The normalized spacial score (nSPS) is 8.89. The van der Waals surface area contributed by atoms with E-state index in [2.05, 4.69) is 25.7 Å². The van der Waals surface area contributed by atoms with Crippen molar-refractivity contribution in [3.63, 3.8) is 0 Å². The molecule has 0 unspecified atom stereocenters. The standard InChI is InChI=1S/C8H14O/c1-8(2)6-4-3-5-7-9/h8-9H,4,6-7H2,1-2H3. The molecule has 0 aliphatic carbocycles. The molecular formula is C8H14O.